The van der Waals surface area contributed by atoms with Crippen LogP contribution in [0.15, 0.2) is 66.0 Å². The molecular weight excluding hydrogens is 456 g/mol. The van der Waals surface area contributed by atoms with Crippen LogP contribution in [-0.4, -0.2) is 46.9 Å². The second-order valence-corrected chi connectivity index (χ2v) is 8.42. The van der Waals surface area contributed by atoms with Crippen molar-refractivity contribution < 1.29 is 23.9 Å². The Morgan fingerprint density at radius 3 is 2.47 bits per heavy atom. The molecule has 34 heavy (non-hydrogen) atoms. The van der Waals surface area contributed by atoms with E-state index in [2.05, 4.69) is 20.4 Å². The van der Waals surface area contributed by atoms with Crippen molar-refractivity contribution in [3.63, 3.8) is 0 Å². The summed E-state index contributed by atoms with van der Waals surface area (Å²) in [6, 6.07) is 15.8. The maximum absolute atomic E-state index is 13.3. The van der Waals surface area contributed by atoms with Gasteiger partial charge < -0.3 is 15.4 Å². The number of imide groups is 1. The second-order valence-electron chi connectivity index (χ2n) is 7.56. The van der Waals surface area contributed by atoms with Gasteiger partial charge in [-0.15, -0.1) is 11.3 Å². The molecule has 1 aliphatic heterocycles. The highest BCUT2D eigenvalue weighted by atomic mass is 32.1. The fraction of sp³-hybridized carbons (Fsp3) is 0.208. The van der Waals surface area contributed by atoms with E-state index in [1.165, 1.54) is 12.5 Å². The van der Waals surface area contributed by atoms with Gasteiger partial charge in [0.15, 0.2) is 10.8 Å². The van der Waals surface area contributed by atoms with Crippen LogP contribution in [0.2, 0.25) is 0 Å². The van der Waals surface area contributed by atoms with Crippen molar-refractivity contribution in [3.05, 3.63) is 82.9 Å². The lowest BCUT2D eigenvalue weighted by Gasteiger charge is -2.24. The number of carbonyl (C=O) groups excluding carboxylic acids is 4. The SMILES string of the molecule is COC(=O)c1csc(NC(=O)C(CCc2ccccc2)N2C(=O)NC(c3ccccc3)C2=O)n1. The Morgan fingerprint density at radius 2 is 1.79 bits per heavy atom. The first kappa shape index (κ1) is 23.1. The Hall–Kier alpha value is -4.05. The number of methoxy groups -OCH3 is 1. The quantitative estimate of drug-likeness (QED) is 0.379. The largest absolute Gasteiger partial charge is 0.464 e. The molecule has 2 unspecified atom stereocenters. The molecule has 1 aromatic heterocycles. The van der Waals surface area contributed by atoms with Gasteiger partial charge in [0.25, 0.3) is 5.91 Å². The summed E-state index contributed by atoms with van der Waals surface area (Å²) in [4.78, 5) is 56.1. The number of benzene rings is 2. The zero-order chi connectivity index (χ0) is 24.1. The van der Waals surface area contributed by atoms with Gasteiger partial charge in [-0.3, -0.25) is 9.59 Å². The molecule has 2 atom stereocenters. The van der Waals surface area contributed by atoms with Crippen LogP contribution in [0.5, 0.6) is 0 Å². The van der Waals surface area contributed by atoms with Crippen molar-refractivity contribution in [1.82, 2.24) is 15.2 Å². The van der Waals surface area contributed by atoms with Crippen LogP contribution in [0.3, 0.4) is 0 Å². The minimum atomic E-state index is -1.08. The van der Waals surface area contributed by atoms with Gasteiger partial charge in [-0.2, -0.15) is 0 Å². The van der Waals surface area contributed by atoms with Gasteiger partial charge >= 0.3 is 12.0 Å². The van der Waals surface area contributed by atoms with Gasteiger partial charge in [-0.25, -0.2) is 19.5 Å². The molecule has 0 radical (unpaired) electrons. The number of hydrogen-bond donors (Lipinski definition) is 2. The molecule has 4 rings (SSSR count). The van der Waals surface area contributed by atoms with Crippen LogP contribution in [0.1, 0.15) is 34.1 Å². The van der Waals surface area contributed by atoms with E-state index in [1.807, 2.05) is 36.4 Å². The van der Waals surface area contributed by atoms with Crippen molar-refractivity contribution in [2.75, 3.05) is 12.4 Å². The van der Waals surface area contributed by atoms with E-state index in [-0.39, 0.29) is 17.2 Å². The summed E-state index contributed by atoms with van der Waals surface area (Å²) in [6.45, 7) is 0. The summed E-state index contributed by atoms with van der Waals surface area (Å²) in [7, 11) is 1.24. The van der Waals surface area contributed by atoms with E-state index in [9.17, 15) is 19.2 Å². The van der Waals surface area contributed by atoms with E-state index in [0.717, 1.165) is 21.8 Å². The maximum Gasteiger partial charge on any atom is 0.357 e. The average molecular weight is 479 g/mol. The van der Waals surface area contributed by atoms with Gasteiger partial charge in [-0.05, 0) is 24.0 Å². The van der Waals surface area contributed by atoms with E-state index in [4.69, 9.17) is 0 Å². The van der Waals surface area contributed by atoms with Gasteiger partial charge in [0.05, 0.1) is 7.11 Å². The lowest BCUT2D eigenvalue weighted by molar-refractivity contribution is -0.134. The molecule has 2 heterocycles. The number of nitrogens with zero attached hydrogens (tertiary/aromatic N) is 2. The number of urea groups is 1. The molecule has 0 bridgehead atoms. The molecule has 0 saturated carbocycles. The fourth-order valence-corrected chi connectivity index (χ4v) is 4.39. The smallest absolute Gasteiger partial charge is 0.357 e. The molecule has 1 aliphatic rings. The number of esters is 1. The van der Waals surface area contributed by atoms with E-state index < -0.39 is 35.9 Å². The first-order valence-electron chi connectivity index (χ1n) is 10.5. The monoisotopic (exact) mass is 478 g/mol. The number of rotatable bonds is 8. The first-order chi connectivity index (χ1) is 16.5. The standard InChI is InChI=1S/C24H22N4O5S/c1-33-22(31)17-14-34-23(25-17)27-20(29)18(13-12-15-8-4-2-5-9-15)28-21(30)19(26-24(28)32)16-10-6-3-7-11-16/h2-11,14,18-19H,12-13H2,1H3,(H,26,32)(H,25,27,29). The van der Waals surface area contributed by atoms with Crippen molar-refractivity contribution >= 4 is 40.3 Å². The molecule has 2 aromatic carbocycles. The van der Waals surface area contributed by atoms with Crippen molar-refractivity contribution in [2.24, 2.45) is 0 Å². The second kappa shape index (κ2) is 10.3. The van der Waals surface area contributed by atoms with Crippen molar-refractivity contribution in [3.8, 4) is 0 Å². The lowest BCUT2D eigenvalue weighted by Crippen LogP contribution is -2.48. The number of hydrogen-bond acceptors (Lipinski definition) is 7. The van der Waals surface area contributed by atoms with E-state index >= 15 is 0 Å². The number of anilines is 1. The Morgan fingerprint density at radius 1 is 1.12 bits per heavy atom. The van der Waals surface area contributed by atoms with Crippen molar-refractivity contribution in [1.29, 1.82) is 0 Å². The molecular formula is C24H22N4O5S. The molecule has 3 aromatic rings. The normalized spacial score (nSPS) is 16.1. The van der Waals surface area contributed by atoms with Crippen molar-refractivity contribution in [2.45, 2.75) is 24.9 Å². The number of amides is 4. The summed E-state index contributed by atoms with van der Waals surface area (Å²) in [6.07, 6.45) is 0.684. The molecule has 4 amide bonds. The third kappa shape index (κ3) is 4.96. The Labute approximate surface area is 199 Å². The van der Waals surface area contributed by atoms with Crippen LogP contribution in [0.4, 0.5) is 9.93 Å². The number of aryl methyl sites for hydroxylation is 1. The lowest BCUT2D eigenvalue weighted by atomic mass is 10.0. The van der Waals surface area contributed by atoms with Crippen LogP contribution >= 0.6 is 11.3 Å². The summed E-state index contributed by atoms with van der Waals surface area (Å²) in [5.74, 6) is -1.70. The first-order valence-corrected chi connectivity index (χ1v) is 11.4. The third-order valence-electron chi connectivity index (χ3n) is 5.40. The van der Waals surface area contributed by atoms with Crippen LogP contribution in [0, 0.1) is 0 Å². The van der Waals surface area contributed by atoms with Gasteiger partial charge in [-0.1, -0.05) is 60.7 Å². The Balaban J connectivity index is 1.57. The number of thiazole rings is 1. The summed E-state index contributed by atoms with van der Waals surface area (Å²) < 4.78 is 4.64. The predicted molar refractivity (Wildman–Crippen MR) is 125 cm³/mol. The number of carbonyl (C=O) groups is 4. The zero-order valence-electron chi connectivity index (χ0n) is 18.3. The predicted octanol–water partition coefficient (Wildman–Crippen LogP) is 3.16. The number of nitrogens with one attached hydrogen (secondary N) is 2. The topological polar surface area (TPSA) is 118 Å². The molecule has 1 saturated heterocycles. The van der Waals surface area contributed by atoms with E-state index in [0.29, 0.717) is 12.0 Å². The van der Waals surface area contributed by atoms with Crippen LogP contribution in [0.25, 0.3) is 0 Å². The molecule has 9 nitrogen and oxygen atoms in total. The third-order valence-corrected chi connectivity index (χ3v) is 6.15. The highest BCUT2D eigenvalue weighted by Gasteiger charge is 2.45. The summed E-state index contributed by atoms with van der Waals surface area (Å²) >= 11 is 1.05. The van der Waals surface area contributed by atoms with Gasteiger partial charge in [0.1, 0.15) is 12.1 Å². The molecule has 0 aliphatic carbocycles. The minimum Gasteiger partial charge on any atom is -0.464 e. The summed E-state index contributed by atoms with van der Waals surface area (Å²) in [5.41, 5.74) is 1.66. The highest BCUT2D eigenvalue weighted by molar-refractivity contribution is 7.14. The highest BCUT2D eigenvalue weighted by Crippen LogP contribution is 2.26. The molecule has 2 N–H and O–H groups in total. The van der Waals surface area contributed by atoms with E-state index in [1.54, 1.807) is 24.3 Å². The van der Waals surface area contributed by atoms with Crippen LogP contribution in [-0.2, 0) is 20.7 Å². The molecule has 1 fully saturated rings. The number of aromatic nitrogens is 1. The minimum absolute atomic E-state index is 0.0581. The molecule has 174 valence electrons. The molecule has 0 spiro atoms. The Bertz CT molecular complexity index is 1200. The summed E-state index contributed by atoms with van der Waals surface area (Å²) in [5, 5.41) is 6.94. The fourth-order valence-electron chi connectivity index (χ4n) is 3.70. The average Bonchev–Trinajstić information content (AvgIpc) is 3.44. The van der Waals surface area contributed by atoms with Gasteiger partial charge in [0, 0.05) is 5.38 Å². The van der Waals surface area contributed by atoms with Crippen LogP contribution < -0.4 is 10.6 Å². The maximum atomic E-state index is 13.3. The number of ether oxygens (including phenoxy) is 1. The van der Waals surface area contributed by atoms with Gasteiger partial charge in [0.2, 0.25) is 5.91 Å². The molecule has 10 heteroatoms. The Kier molecular flexibility index (Phi) is 6.98. The zero-order valence-corrected chi connectivity index (χ0v) is 19.1.